The third-order valence-electron chi connectivity index (χ3n) is 2.80. The van der Waals surface area contributed by atoms with Crippen molar-refractivity contribution in [2.75, 3.05) is 11.9 Å². The summed E-state index contributed by atoms with van der Waals surface area (Å²) in [5.41, 5.74) is 1.34. The summed E-state index contributed by atoms with van der Waals surface area (Å²) >= 11 is 1.85. The van der Waals surface area contributed by atoms with Crippen LogP contribution in [0.3, 0.4) is 0 Å². The molecule has 0 spiro atoms. The molecule has 0 radical (unpaired) electrons. The zero-order valence-corrected chi connectivity index (χ0v) is 9.95. The lowest BCUT2D eigenvalue weighted by molar-refractivity contribution is 0.450. The van der Waals surface area contributed by atoms with E-state index in [9.17, 15) is 0 Å². The lowest BCUT2D eigenvalue weighted by Crippen LogP contribution is -2.13. The van der Waals surface area contributed by atoms with E-state index >= 15 is 0 Å². The van der Waals surface area contributed by atoms with Crippen molar-refractivity contribution in [3.05, 3.63) is 10.6 Å². The van der Waals surface area contributed by atoms with E-state index in [-0.39, 0.29) is 0 Å². The number of anilines is 1. The third kappa shape index (κ3) is 1.78. The first-order valence-corrected chi connectivity index (χ1v) is 6.25. The first-order valence-electron chi connectivity index (χ1n) is 5.44. The lowest BCUT2D eigenvalue weighted by atomic mass is 9.86. The van der Waals surface area contributed by atoms with Crippen LogP contribution < -0.4 is 5.32 Å². The Morgan fingerprint density at radius 1 is 1.50 bits per heavy atom. The van der Waals surface area contributed by atoms with Crippen molar-refractivity contribution in [3.63, 3.8) is 0 Å². The van der Waals surface area contributed by atoms with Crippen LogP contribution in [0.1, 0.15) is 43.7 Å². The van der Waals surface area contributed by atoms with Crippen molar-refractivity contribution < 1.29 is 0 Å². The summed E-state index contributed by atoms with van der Waals surface area (Å²) in [6.07, 6.45) is 2.49. The lowest BCUT2D eigenvalue weighted by Gasteiger charge is -2.22. The van der Waals surface area contributed by atoms with Crippen LogP contribution in [0.5, 0.6) is 0 Å². The highest BCUT2D eigenvalue weighted by Gasteiger charge is 2.25. The molecule has 1 aliphatic carbocycles. The molecule has 1 aromatic rings. The highest BCUT2D eigenvalue weighted by atomic mass is 32.1. The average Bonchev–Trinajstić information content (AvgIpc) is 2.48. The minimum Gasteiger partial charge on any atom is -0.362 e. The number of hydrogen-bond donors (Lipinski definition) is 1. The van der Waals surface area contributed by atoms with E-state index in [1.165, 1.54) is 23.4 Å². The first kappa shape index (κ1) is 9.97. The number of nitrogens with one attached hydrogen (secondary N) is 1. The molecule has 0 bridgehead atoms. The second-order valence-corrected chi connectivity index (χ2v) is 5.34. The Morgan fingerprint density at radius 2 is 2.29 bits per heavy atom. The molecule has 2 nitrogen and oxygen atoms in total. The van der Waals surface area contributed by atoms with Gasteiger partial charge in [-0.2, -0.15) is 0 Å². The molecule has 2 atom stereocenters. The summed E-state index contributed by atoms with van der Waals surface area (Å²) in [4.78, 5) is 6.16. The van der Waals surface area contributed by atoms with Gasteiger partial charge in [0.15, 0.2) is 5.13 Å². The van der Waals surface area contributed by atoms with E-state index < -0.39 is 0 Å². The van der Waals surface area contributed by atoms with Crippen LogP contribution in [-0.2, 0) is 6.42 Å². The van der Waals surface area contributed by atoms with Crippen LogP contribution in [-0.4, -0.2) is 11.5 Å². The fraction of sp³-hybridized carbons (Fsp3) is 0.727. The highest BCUT2D eigenvalue weighted by Crippen LogP contribution is 2.39. The Kier molecular flexibility index (Phi) is 2.77. The summed E-state index contributed by atoms with van der Waals surface area (Å²) in [5, 5.41) is 4.42. The third-order valence-corrected chi connectivity index (χ3v) is 4.09. The standard InChI is InChI=1S/C11H18N2S/c1-4-12-11-13-9-6-7(2)5-8(3)10(9)14-11/h7-8H,4-6H2,1-3H3,(H,12,13). The maximum absolute atomic E-state index is 4.65. The number of hydrogen-bond acceptors (Lipinski definition) is 3. The summed E-state index contributed by atoms with van der Waals surface area (Å²) in [6, 6.07) is 0. The Bertz CT molecular complexity index is 319. The largest absolute Gasteiger partial charge is 0.362 e. The average molecular weight is 210 g/mol. The molecule has 2 unspecified atom stereocenters. The van der Waals surface area contributed by atoms with E-state index in [2.05, 4.69) is 31.1 Å². The molecule has 78 valence electrons. The molecule has 0 aliphatic heterocycles. The maximum atomic E-state index is 4.65. The van der Waals surface area contributed by atoms with Crippen LogP contribution in [0.2, 0.25) is 0 Å². The molecule has 0 saturated heterocycles. The van der Waals surface area contributed by atoms with Crippen molar-refractivity contribution >= 4 is 16.5 Å². The van der Waals surface area contributed by atoms with Gasteiger partial charge >= 0.3 is 0 Å². The number of aromatic nitrogens is 1. The number of rotatable bonds is 2. The molecule has 3 heteroatoms. The molecule has 14 heavy (non-hydrogen) atoms. The first-order chi connectivity index (χ1) is 6.70. The van der Waals surface area contributed by atoms with E-state index in [0.29, 0.717) is 5.92 Å². The van der Waals surface area contributed by atoms with Crippen molar-refractivity contribution in [1.29, 1.82) is 0 Å². The summed E-state index contributed by atoms with van der Waals surface area (Å²) < 4.78 is 0. The van der Waals surface area contributed by atoms with Crippen molar-refractivity contribution in [1.82, 2.24) is 4.98 Å². The van der Waals surface area contributed by atoms with E-state index in [1.807, 2.05) is 11.3 Å². The normalized spacial score (nSPS) is 25.9. The topological polar surface area (TPSA) is 24.9 Å². The van der Waals surface area contributed by atoms with Gasteiger partial charge in [-0.25, -0.2) is 4.98 Å². The predicted molar refractivity (Wildman–Crippen MR) is 62.2 cm³/mol. The molecule has 1 aromatic heterocycles. The van der Waals surface area contributed by atoms with Gasteiger partial charge in [-0.3, -0.25) is 0 Å². The molecule has 0 fully saturated rings. The molecule has 1 N–H and O–H groups in total. The predicted octanol–water partition coefficient (Wildman–Crippen LogP) is 3.26. The monoisotopic (exact) mass is 210 g/mol. The van der Waals surface area contributed by atoms with Gasteiger partial charge < -0.3 is 5.32 Å². The van der Waals surface area contributed by atoms with E-state index in [4.69, 9.17) is 0 Å². The summed E-state index contributed by atoms with van der Waals surface area (Å²) in [6.45, 7) is 7.73. The minimum absolute atomic E-state index is 0.707. The molecule has 0 aromatic carbocycles. The van der Waals surface area contributed by atoms with Gasteiger partial charge in [0.25, 0.3) is 0 Å². The zero-order valence-electron chi connectivity index (χ0n) is 9.13. The second-order valence-electron chi connectivity index (χ2n) is 4.31. The van der Waals surface area contributed by atoms with E-state index in [0.717, 1.165) is 17.6 Å². The maximum Gasteiger partial charge on any atom is 0.183 e. The van der Waals surface area contributed by atoms with Crippen LogP contribution in [0.25, 0.3) is 0 Å². The molecule has 2 rings (SSSR count). The molecule has 1 aliphatic rings. The molecular formula is C11H18N2S. The van der Waals surface area contributed by atoms with Crippen LogP contribution in [0, 0.1) is 5.92 Å². The fourth-order valence-electron chi connectivity index (χ4n) is 2.25. The quantitative estimate of drug-likeness (QED) is 0.810. The summed E-state index contributed by atoms with van der Waals surface area (Å²) in [5.74, 6) is 1.51. The van der Waals surface area contributed by atoms with Crippen LogP contribution in [0.4, 0.5) is 5.13 Å². The zero-order chi connectivity index (χ0) is 10.1. The molecule has 0 saturated carbocycles. The van der Waals surface area contributed by atoms with E-state index in [1.54, 1.807) is 0 Å². The second kappa shape index (κ2) is 3.89. The van der Waals surface area contributed by atoms with Gasteiger partial charge in [-0.15, -0.1) is 11.3 Å². The molecule has 0 amide bonds. The van der Waals surface area contributed by atoms with Gasteiger partial charge in [0.05, 0.1) is 5.69 Å². The Labute approximate surface area is 89.8 Å². The van der Waals surface area contributed by atoms with Crippen molar-refractivity contribution in [3.8, 4) is 0 Å². The Hall–Kier alpha value is -0.570. The highest BCUT2D eigenvalue weighted by molar-refractivity contribution is 7.15. The van der Waals surface area contributed by atoms with Crippen molar-refractivity contribution in [2.45, 2.75) is 39.5 Å². The van der Waals surface area contributed by atoms with Gasteiger partial charge in [0.2, 0.25) is 0 Å². The number of nitrogens with zero attached hydrogens (tertiary/aromatic N) is 1. The Morgan fingerprint density at radius 3 is 3.00 bits per heavy atom. The van der Waals surface area contributed by atoms with Crippen LogP contribution >= 0.6 is 11.3 Å². The smallest absolute Gasteiger partial charge is 0.183 e. The van der Waals surface area contributed by atoms with Gasteiger partial charge in [0.1, 0.15) is 0 Å². The van der Waals surface area contributed by atoms with Gasteiger partial charge in [-0.1, -0.05) is 13.8 Å². The van der Waals surface area contributed by atoms with Gasteiger partial charge in [-0.05, 0) is 31.6 Å². The van der Waals surface area contributed by atoms with Crippen molar-refractivity contribution in [2.24, 2.45) is 5.92 Å². The number of thiazole rings is 1. The Balaban J connectivity index is 2.26. The summed E-state index contributed by atoms with van der Waals surface area (Å²) in [7, 11) is 0. The van der Waals surface area contributed by atoms with Gasteiger partial charge in [0, 0.05) is 11.4 Å². The fourth-order valence-corrected chi connectivity index (χ4v) is 3.37. The minimum atomic E-state index is 0.707. The van der Waals surface area contributed by atoms with Crippen LogP contribution in [0.15, 0.2) is 0 Å². The molecule has 1 heterocycles. The number of fused-ring (bicyclic) bond motifs is 1. The SMILES string of the molecule is CCNc1nc2c(s1)C(C)CC(C)C2. The molecular weight excluding hydrogens is 192 g/mol.